The van der Waals surface area contributed by atoms with Crippen LogP contribution in [0.15, 0.2) is 67.3 Å². The Morgan fingerprint density at radius 3 is 2.80 bits per heavy atom. The Morgan fingerprint density at radius 1 is 1.24 bits per heavy atom. The van der Waals surface area contributed by atoms with Gasteiger partial charge in [0, 0.05) is 22.9 Å². The van der Waals surface area contributed by atoms with Gasteiger partial charge in [0.15, 0.2) is 5.11 Å². The van der Waals surface area contributed by atoms with Gasteiger partial charge in [-0.2, -0.15) is 0 Å². The molecule has 0 unspecified atom stereocenters. The van der Waals surface area contributed by atoms with Gasteiger partial charge in [-0.15, -0.1) is 0 Å². The standard InChI is InChI=1S/C19H17ClN2O2S/c1-2-12-24-16-8-5-7-15(13-16)21-19(25)22-18(23)11-10-14-6-3-4-9-17(14)20/h2-11,13H,1,12H2,(H2,21,22,23,25)/b11-10+. The van der Waals surface area contributed by atoms with Crippen LogP contribution in [0.5, 0.6) is 5.75 Å². The van der Waals surface area contributed by atoms with Crippen LogP contribution in [0.25, 0.3) is 6.08 Å². The molecule has 0 atom stereocenters. The maximum atomic E-state index is 11.9. The predicted octanol–water partition coefficient (Wildman–Crippen LogP) is 4.43. The van der Waals surface area contributed by atoms with E-state index >= 15 is 0 Å². The molecule has 2 rings (SSSR count). The van der Waals surface area contributed by atoms with Gasteiger partial charge in [-0.05, 0) is 42.1 Å². The van der Waals surface area contributed by atoms with E-state index < -0.39 is 0 Å². The van der Waals surface area contributed by atoms with E-state index in [4.69, 9.17) is 28.6 Å². The lowest BCUT2D eigenvalue weighted by molar-refractivity contribution is -0.115. The largest absolute Gasteiger partial charge is 0.489 e. The quantitative estimate of drug-likeness (QED) is 0.447. The number of hydrogen-bond donors (Lipinski definition) is 2. The molecule has 4 nitrogen and oxygen atoms in total. The molecule has 0 aliphatic carbocycles. The van der Waals surface area contributed by atoms with Crippen LogP contribution in [0.4, 0.5) is 5.69 Å². The summed E-state index contributed by atoms with van der Waals surface area (Å²) in [4.78, 5) is 11.9. The molecule has 2 aromatic carbocycles. The van der Waals surface area contributed by atoms with Crippen molar-refractivity contribution in [3.63, 3.8) is 0 Å². The van der Waals surface area contributed by atoms with Gasteiger partial charge >= 0.3 is 0 Å². The smallest absolute Gasteiger partial charge is 0.250 e. The van der Waals surface area contributed by atoms with E-state index in [1.54, 1.807) is 24.3 Å². The molecular formula is C19H17ClN2O2S. The summed E-state index contributed by atoms with van der Waals surface area (Å²) in [6.45, 7) is 4.01. The number of nitrogens with one attached hydrogen (secondary N) is 2. The molecule has 25 heavy (non-hydrogen) atoms. The third-order valence-corrected chi connectivity index (χ3v) is 3.56. The summed E-state index contributed by atoms with van der Waals surface area (Å²) in [6, 6.07) is 14.5. The summed E-state index contributed by atoms with van der Waals surface area (Å²) in [5.74, 6) is 0.328. The van der Waals surface area contributed by atoms with Crippen molar-refractivity contribution < 1.29 is 9.53 Å². The molecule has 0 saturated heterocycles. The van der Waals surface area contributed by atoms with Crippen LogP contribution in [-0.4, -0.2) is 17.6 Å². The van der Waals surface area contributed by atoms with Crippen LogP contribution in [0.3, 0.4) is 0 Å². The molecule has 0 spiro atoms. The summed E-state index contributed by atoms with van der Waals surface area (Å²) in [5.41, 5.74) is 1.47. The number of amides is 1. The van der Waals surface area contributed by atoms with Gasteiger partial charge in [0.2, 0.25) is 5.91 Å². The fourth-order valence-electron chi connectivity index (χ4n) is 1.91. The van der Waals surface area contributed by atoms with Crippen LogP contribution in [0.2, 0.25) is 5.02 Å². The first kappa shape index (κ1) is 18.7. The summed E-state index contributed by atoms with van der Waals surface area (Å²) in [7, 11) is 0. The first-order chi connectivity index (χ1) is 12.1. The number of carbonyl (C=O) groups is 1. The van der Waals surface area contributed by atoms with Crippen molar-refractivity contribution in [1.29, 1.82) is 0 Å². The highest BCUT2D eigenvalue weighted by Gasteiger charge is 2.03. The minimum absolute atomic E-state index is 0.190. The second-order valence-electron chi connectivity index (χ2n) is 4.93. The molecular weight excluding hydrogens is 356 g/mol. The fourth-order valence-corrected chi connectivity index (χ4v) is 2.33. The average molecular weight is 373 g/mol. The van der Waals surface area contributed by atoms with E-state index in [2.05, 4.69) is 17.2 Å². The molecule has 0 saturated carbocycles. The minimum atomic E-state index is -0.350. The Labute approximate surface area is 157 Å². The topological polar surface area (TPSA) is 50.4 Å². The van der Waals surface area contributed by atoms with Gasteiger partial charge in [-0.1, -0.05) is 48.5 Å². The summed E-state index contributed by atoms with van der Waals surface area (Å²) >= 11 is 11.2. The van der Waals surface area contributed by atoms with Gasteiger partial charge in [-0.3, -0.25) is 10.1 Å². The Morgan fingerprint density at radius 2 is 2.04 bits per heavy atom. The first-order valence-electron chi connectivity index (χ1n) is 7.47. The van der Waals surface area contributed by atoms with Crippen molar-refractivity contribution in [2.75, 3.05) is 11.9 Å². The van der Waals surface area contributed by atoms with Gasteiger partial charge in [0.05, 0.1) is 0 Å². The predicted molar refractivity (Wildman–Crippen MR) is 107 cm³/mol. The zero-order valence-corrected chi connectivity index (χ0v) is 14.9. The average Bonchev–Trinajstić information content (AvgIpc) is 2.59. The molecule has 0 bridgehead atoms. The highest BCUT2D eigenvalue weighted by atomic mass is 35.5. The van der Waals surface area contributed by atoms with E-state index in [1.807, 2.05) is 36.4 Å². The van der Waals surface area contributed by atoms with E-state index in [-0.39, 0.29) is 11.0 Å². The first-order valence-corrected chi connectivity index (χ1v) is 8.25. The minimum Gasteiger partial charge on any atom is -0.489 e. The van der Waals surface area contributed by atoms with Crippen molar-refractivity contribution >= 4 is 46.6 Å². The Balaban J connectivity index is 1.90. The van der Waals surface area contributed by atoms with Crippen molar-refractivity contribution in [2.45, 2.75) is 0 Å². The normalized spacial score (nSPS) is 10.3. The number of anilines is 1. The summed E-state index contributed by atoms with van der Waals surface area (Å²) < 4.78 is 5.44. The van der Waals surface area contributed by atoms with Crippen molar-refractivity contribution in [1.82, 2.24) is 5.32 Å². The molecule has 0 aliphatic rings. The Kier molecular flexibility index (Phi) is 7.19. The molecule has 2 N–H and O–H groups in total. The number of rotatable bonds is 6. The molecule has 0 aliphatic heterocycles. The lowest BCUT2D eigenvalue weighted by atomic mass is 10.2. The van der Waals surface area contributed by atoms with Gasteiger partial charge in [0.25, 0.3) is 0 Å². The number of benzene rings is 2. The maximum absolute atomic E-state index is 11.9. The van der Waals surface area contributed by atoms with Crippen LogP contribution in [0, 0.1) is 0 Å². The van der Waals surface area contributed by atoms with Gasteiger partial charge in [-0.25, -0.2) is 0 Å². The van der Waals surface area contributed by atoms with Crippen molar-refractivity contribution in [2.24, 2.45) is 0 Å². The number of ether oxygens (including phenoxy) is 1. The van der Waals surface area contributed by atoms with Crippen LogP contribution in [-0.2, 0) is 4.79 Å². The Hall–Kier alpha value is -2.63. The molecule has 2 aromatic rings. The van der Waals surface area contributed by atoms with Crippen LogP contribution >= 0.6 is 23.8 Å². The van der Waals surface area contributed by atoms with Gasteiger partial charge < -0.3 is 10.1 Å². The summed E-state index contributed by atoms with van der Waals surface area (Å²) in [6.07, 6.45) is 4.67. The lowest BCUT2D eigenvalue weighted by Gasteiger charge is -2.10. The van der Waals surface area contributed by atoms with Gasteiger partial charge in [0.1, 0.15) is 12.4 Å². The van der Waals surface area contributed by atoms with E-state index in [9.17, 15) is 4.79 Å². The molecule has 0 heterocycles. The molecule has 0 fully saturated rings. The molecule has 1 amide bonds. The second-order valence-corrected chi connectivity index (χ2v) is 5.74. The summed E-state index contributed by atoms with van der Waals surface area (Å²) in [5, 5.41) is 6.27. The lowest BCUT2D eigenvalue weighted by Crippen LogP contribution is -2.32. The number of halogens is 1. The Bertz CT molecular complexity index is 806. The molecule has 6 heteroatoms. The molecule has 0 radical (unpaired) electrons. The highest BCUT2D eigenvalue weighted by Crippen LogP contribution is 2.17. The van der Waals surface area contributed by atoms with Crippen LogP contribution < -0.4 is 15.4 Å². The zero-order valence-electron chi connectivity index (χ0n) is 13.4. The van der Waals surface area contributed by atoms with Crippen LogP contribution in [0.1, 0.15) is 5.56 Å². The van der Waals surface area contributed by atoms with E-state index in [0.717, 1.165) is 5.56 Å². The van der Waals surface area contributed by atoms with Crippen molar-refractivity contribution in [3.8, 4) is 5.75 Å². The van der Waals surface area contributed by atoms with E-state index in [0.29, 0.717) is 23.1 Å². The SMILES string of the molecule is C=CCOc1cccc(NC(=S)NC(=O)/C=C/c2ccccc2Cl)c1. The number of hydrogen-bond acceptors (Lipinski definition) is 3. The number of thiocarbonyl (C=S) groups is 1. The third-order valence-electron chi connectivity index (χ3n) is 3.02. The molecule has 128 valence electrons. The maximum Gasteiger partial charge on any atom is 0.250 e. The fraction of sp³-hybridized carbons (Fsp3) is 0.0526. The number of carbonyl (C=O) groups excluding carboxylic acids is 1. The third kappa shape index (κ3) is 6.41. The van der Waals surface area contributed by atoms with Crippen molar-refractivity contribution in [3.05, 3.63) is 77.8 Å². The molecule has 0 aromatic heterocycles. The zero-order chi connectivity index (χ0) is 18.1. The monoisotopic (exact) mass is 372 g/mol. The van der Waals surface area contributed by atoms with E-state index in [1.165, 1.54) is 6.08 Å². The second kappa shape index (κ2) is 9.61. The highest BCUT2D eigenvalue weighted by molar-refractivity contribution is 7.80.